The van der Waals surface area contributed by atoms with E-state index in [-0.39, 0.29) is 18.2 Å². The van der Waals surface area contributed by atoms with E-state index in [4.69, 9.17) is 5.48 Å². The van der Waals surface area contributed by atoms with Crippen LogP contribution in [0.15, 0.2) is 15.9 Å². The van der Waals surface area contributed by atoms with Crippen LogP contribution in [-0.2, 0) is 21.0 Å². The van der Waals surface area contributed by atoms with E-state index in [0.29, 0.717) is 4.57 Å². The number of rotatable bonds is 0. The molecule has 0 bridgehead atoms. The van der Waals surface area contributed by atoms with Gasteiger partial charge in [0.15, 0.2) is 11.2 Å². The lowest BCUT2D eigenvalue weighted by Crippen LogP contribution is -2.37. The fourth-order valence-corrected chi connectivity index (χ4v) is 1.21. The van der Waals surface area contributed by atoms with Crippen LogP contribution in [0.25, 0.3) is 11.2 Å². The number of hydrogen-bond acceptors (Lipinski definition) is 3. The minimum Gasteiger partial charge on any atom is -0.328 e. The van der Waals surface area contributed by atoms with Crippen LogP contribution in [0.2, 0.25) is 0 Å². The molecule has 0 saturated heterocycles. The molecule has 0 aliphatic heterocycles. The maximum atomic E-state index is 12.0. The van der Waals surface area contributed by atoms with Crippen molar-refractivity contribution in [3.63, 3.8) is 0 Å². The number of nitrogens with zero attached hydrogens (tertiary/aromatic N) is 4. The molecule has 0 unspecified atom stereocenters. The van der Waals surface area contributed by atoms with Crippen molar-refractivity contribution in [3.05, 3.63) is 27.2 Å². The third kappa shape index (κ3) is 0.876. The number of hydrogen-bond donors (Lipinski definition) is 0. The van der Waals surface area contributed by atoms with Crippen molar-refractivity contribution < 1.29 is 5.48 Å². The topological polar surface area (TPSA) is 61.8 Å². The van der Waals surface area contributed by atoms with Crippen LogP contribution in [0.4, 0.5) is 0 Å². The molecule has 0 fully saturated rings. The van der Waals surface area contributed by atoms with Crippen molar-refractivity contribution in [2.75, 3.05) is 0 Å². The molecule has 2 aromatic rings. The van der Waals surface area contributed by atoms with Crippen LogP contribution in [0.3, 0.4) is 0 Å². The highest BCUT2D eigenvalue weighted by Crippen LogP contribution is 2.01. The van der Waals surface area contributed by atoms with Crippen LogP contribution >= 0.6 is 0 Å². The van der Waals surface area contributed by atoms with Gasteiger partial charge in [0.1, 0.15) is 0 Å². The normalized spacial score (nSPS) is 15.2. The molecule has 74 valence electrons. The monoisotopic (exact) mass is 198 g/mol. The van der Waals surface area contributed by atoms with Crippen molar-refractivity contribution >= 4 is 11.2 Å². The first-order chi connectivity index (χ1) is 8.52. The SMILES string of the molecule is [2H]Cn1cnc2c1c(=O)n(C([2H])[2H])c(=O)n2C[2H]. The van der Waals surface area contributed by atoms with Gasteiger partial charge in [0.2, 0.25) is 0 Å². The van der Waals surface area contributed by atoms with Crippen LogP contribution in [0.1, 0.15) is 5.48 Å². The van der Waals surface area contributed by atoms with Crippen molar-refractivity contribution in [2.45, 2.75) is 0 Å². The van der Waals surface area contributed by atoms with Gasteiger partial charge in [0, 0.05) is 26.5 Å². The van der Waals surface area contributed by atoms with Gasteiger partial charge in [-0.3, -0.25) is 13.9 Å². The van der Waals surface area contributed by atoms with E-state index in [1.807, 2.05) is 0 Å². The van der Waals surface area contributed by atoms with Crippen LogP contribution in [-0.4, -0.2) is 18.7 Å². The summed E-state index contributed by atoms with van der Waals surface area (Å²) in [5.74, 6) is 0. The Morgan fingerprint density at radius 1 is 1.36 bits per heavy atom. The Bertz CT molecular complexity index is 701. The van der Waals surface area contributed by atoms with Crippen LogP contribution < -0.4 is 11.2 Å². The standard InChI is InChI=1S/C8H10N4O2/c1-10-4-9-6-5(10)7(13)12(3)8(14)11(6)2/h4H,1-3H3/i1D,2D,3D2. The number of fused-ring (bicyclic) bond motifs is 1. The van der Waals surface area contributed by atoms with E-state index < -0.39 is 25.3 Å². The fraction of sp³-hybridized carbons (Fsp3) is 0.375. The maximum Gasteiger partial charge on any atom is 0.332 e. The van der Waals surface area contributed by atoms with Gasteiger partial charge in [-0.25, -0.2) is 9.78 Å². The molecule has 0 radical (unpaired) electrons. The summed E-state index contributed by atoms with van der Waals surface area (Å²) in [5.41, 5.74) is -1.78. The molecular formula is C8H10N4O2. The molecule has 2 rings (SSSR count). The van der Waals surface area contributed by atoms with Crippen molar-refractivity contribution in [1.82, 2.24) is 18.7 Å². The molecule has 0 N–H and O–H groups in total. The lowest BCUT2D eigenvalue weighted by atomic mass is 10.5. The average molecular weight is 198 g/mol. The Labute approximate surface area is 84.6 Å². The predicted octanol–water partition coefficient (Wildman–Crippen LogP) is -1.03. The molecule has 0 saturated carbocycles. The summed E-state index contributed by atoms with van der Waals surface area (Å²) >= 11 is 0. The summed E-state index contributed by atoms with van der Waals surface area (Å²) in [6, 6.07) is 0. The second kappa shape index (κ2) is 2.57. The summed E-state index contributed by atoms with van der Waals surface area (Å²) in [6.07, 6.45) is 1.22. The van der Waals surface area contributed by atoms with E-state index in [9.17, 15) is 9.59 Å². The molecule has 0 amide bonds. The molecule has 0 aliphatic rings. The highest BCUT2D eigenvalue weighted by atomic mass is 16.2. The molecule has 2 aromatic heterocycles. The minimum absolute atomic E-state index is 0.00384. The summed E-state index contributed by atoms with van der Waals surface area (Å²) < 4.78 is 31.4. The Morgan fingerprint density at radius 2 is 2.21 bits per heavy atom. The van der Waals surface area contributed by atoms with Gasteiger partial charge in [-0.05, 0) is 0 Å². The van der Waals surface area contributed by atoms with Gasteiger partial charge < -0.3 is 4.57 Å². The third-order valence-electron chi connectivity index (χ3n) is 1.93. The van der Waals surface area contributed by atoms with E-state index in [1.54, 1.807) is 0 Å². The van der Waals surface area contributed by atoms with Crippen LogP contribution in [0, 0.1) is 0 Å². The van der Waals surface area contributed by atoms with Gasteiger partial charge in [-0.2, -0.15) is 0 Å². The lowest BCUT2D eigenvalue weighted by molar-refractivity contribution is 0.705. The number of aryl methyl sites for hydroxylation is 2. The average Bonchev–Trinajstić information content (AvgIpc) is 2.73. The third-order valence-corrected chi connectivity index (χ3v) is 1.93. The predicted molar refractivity (Wildman–Crippen MR) is 51.2 cm³/mol. The molecule has 0 atom stereocenters. The number of imidazole rings is 1. The summed E-state index contributed by atoms with van der Waals surface area (Å²) in [6.45, 7) is -1.80. The summed E-state index contributed by atoms with van der Waals surface area (Å²) in [4.78, 5) is 27.7. The zero-order valence-corrected chi connectivity index (χ0v) is 7.17. The quantitative estimate of drug-likeness (QED) is 0.544. The summed E-state index contributed by atoms with van der Waals surface area (Å²) in [7, 11) is -0.750. The Hall–Kier alpha value is -1.85. The first kappa shape index (κ1) is 5.14. The second-order valence-corrected chi connectivity index (χ2v) is 2.77. The first-order valence-corrected chi connectivity index (χ1v) is 3.66. The number of aromatic nitrogens is 4. The zero-order chi connectivity index (χ0) is 13.4. The van der Waals surface area contributed by atoms with E-state index in [1.165, 1.54) is 10.9 Å². The van der Waals surface area contributed by atoms with Gasteiger partial charge in [-0.15, -0.1) is 0 Å². The highest BCUT2D eigenvalue weighted by Gasteiger charge is 2.11. The van der Waals surface area contributed by atoms with Gasteiger partial charge in [0.25, 0.3) is 5.56 Å². The van der Waals surface area contributed by atoms with Crippen LogP contribution in [0.5, 0.6) is 0 Å². The molecule has 0 aliphatic carbocycles. The molecule has 6 heteroatoms. The zero-order valence-electron chi connectivity index (χ0n) is 11.2. The second-order valence-electron chi connectivity index (χ2n) is 2.77. The molecule has 14 heavy (non-hydrogen) atoms. The van der Waals surface area contributed by atoms with Crippen molar-refractivity contribution in [1.29, 1.82) is 0 Å². The van der Waals surface area contributed by atoms with E-state index in [0.717, 1.165) is 4.57 Å². The molecule has 6 nitrogen and oxygen atoms in total. The smallest absolute Gasteiger partial charge is 0.328 e. The largest absolute Gasteiger partial charge is 0.332 e. The van der Waals surface area contributed by atoms with Gasteiger partial charge in [-0.1, -0.05) is 0 Å². The first-order valence-electron chi connectivity index (χ1n) is 6.23. The molecule has 2 heterocycles. The summed E-state index contributed by atoms with van der Waals surface area (Å²) in [5, 5.41) is 0. The molecular weight excluding hydrogens is 184 g/mol. The van der Waals surface area contributed by atoms with Crippen molar-refractivity contribution in [3.8, 4) is 0 Å². The van der Waals surface area contributed by atoms with E-state index in [2.05, 4.69) is 4.98 Å². The molecule has 0 spiro atoms. The Balaban J connectivity index is 3.04. The Morgan fingerprint density at radius 3 is 2.86 bits per heavy atom. The molecule has 0 aromatic carbocycles. The fourth-order valence-electron chi connectivity index (χ4n) is 1.21. The Kier molecular flexibility index (Phi) is 0.942. The minimum atomic E-state index is -1.80. The van der Waals surface area contributed by atoms with Gasteiger partial charge >= 0.3 is 5.69 Å². The van der Waals surface area contributed by atoms with E-state index >= 15 is 0 Å². The van der Waals surface area contributed by atoms with Crippen molar-refractivity contribution in [2.24, 2.45) is 21.0 Å². The maximum absolute atomic E-state index is 12.0. The lowest BCUT2D eigenvalue weighted by Gasteiger charge is -2.02. The van der Waals surface area contributed by atoms with Gasteiger partial charge in [0.05, 0.1) is 6.33 Å². The highest BCUT2D eigenvalue weighted by molar-refractivity contribution is 5.69.